The predicted molar refractivity (Wildman–Crippen MR) is 79.0 cm³/mol. The summed E-state index contributed by atoms with van der Waals surface area (Å²) in [6, 6.07) is 15.3. The molecule has 0 aromatic heterocycles. The van der Waals surface area contributed by atoms with E-state index < -0.39 is 0 Å². The fraction of sp³-hybridized carbons (Fsp3) is 0.188. The monoisotopic (exact) mass is 254 g/mol. The lowest BCUT2D eigenvalue weighted by Crippen LogP contribution is -2.14. The Kier molecular flexibility index (Phi) is 4.18. The van der Waals surface area contributed by atoms with Gasteiger partial charge in [-0.05, 0) is 41.8 Å². The van der Waals surface area contributed by atoms with Crippen LogP contribution in [-0.4, -0.2) is 5.91 Å². The van der Waals surface area contributed by atoms with Crippen LogP contribution in [0, 0.1) is 0 Å². The van der Waals surface area contributed by atoms with Gasteiger partial charge in [-0.2, -0.15) is 0 Å². The van der Waals surface area contributed by atoms with Crippen molar-refractivity contribution in [1.29, 1.82) is 0 Å². The molecular weight excluding hydrogens is 236 g/mol. The van der Waals surface area contributed by atoms with Gasteiger partial charge in [-0.25, -0.2) is 0 Å². The molecule has 1 amide bonds. The van der Waals surface area contributed by atoms with Crippen LogP contribution in [0.4, 0.5) is 11.4 Å². The van der Waals surface area contributed by atoms with E-state index in [1.807, 2.05) is 48.5 Å². The highest BCUT2D eigenvalue weighted by Crippen LogP contribution is 2.12. The Bertz CT molecular complexity index is 561. The van der Waals surface area contributed by atoms with Crippen molar-refractivity contribution in [3.8, 4) is 0 Å². The number of nitrogens with one attached hydrogen (secondary N) is 1. The van der Waals surface area contributed by atoms with Gasteiger partial charge in [0.1, 0.15) is 0 Å². The molecule has 98 valence electrons. The fourth-order valence-electron chi connectivity index (χ4n) is 1.92. The van der Waals surface area contributed by atoms with Crippen molar-refractivity contribution >= 4 is 17.3 Å². The van der Waals surface area contributed by atoms with E-state index >= 15 is 0 Å². The number of nitrogens with two attached hydrogens (primary N) is 1. The number of rotatable bonds is 4. The predicted octanol–water partition coefficient (Wildman–Crippen LogP) is 3.01. The molecule has 0 spiro atoms. The van der Waals surface area contributed by atoms with Crippen molar-refractivity contribution in [2.75, 3.05) is 11.1 Å². The lowest BCUT2D eigenvalue weighted by Gasteiger charge is -2.06. The molecule has 0 bridgehead atoms. The number of nitrogen functional groups attached to an aromatic ring is 1. The number of carbonyl (C=O) groups is 1. The van der Waals surface area contributed by atoms with E-state index in [-0.39, 0.29) is 5.91 Å². The Balaban J connectivity index is 1.97. The second kappa shape index (κ2) is 6.05. The van der Waals surface area contributed by atoms with Crippen molar-refractivity contribution in [1.82, 2.24) is 0 Å². The highest BCUT2D eigenvalue weighted by molar-refractivity contribution is 5.92. The summed E-state index contributed by atoms with van der Waals surface area (Å²) in [5.41, 5.74) is 9.37. The molecule has 0 saturated carbocycles. The van der Waals surface area contributed by atoms with Gasteiger partial charge in [-0.3, -0.25) is 4.79 Å². The minimum Gasteiger partial charge on any atom is -0.399 e. The van der Waals surface area contributed by atoms with Crippen molar-refractivity contribution in [2.24, 2.45) is 0 Å². The van der Waals surface area contributed by atoms with Crippen LogP contribution in [0.3, 0.4) is 0 Å². The van der Waals surface area contributed by atoms with E-state index in [1.54, 1.807) is 0 Å². The van der Waals surface area contributed by atoms with Gasteiger partial charge in [-0.1, -0.05) is 31.2 Å². The first-order chi connectivity index (χ1) is 9.17. The zero-order chi connectivity index (χ0) is 13.7. The van der Waals surface area contributed by atoms with E-state index in [0.29, 0.717) is 12.1 Å². The highest BCUT2D eigenvalue weighted by atomic mass is 16.1. The van der Waals surface area contributed by atoms with Crippen LogP contribution in [0.2, 0.25) is 0 Å². The maximum absolute atomic E-state index is 11.9. The second-order valence-corrected chi connectivity index (χ2v) is 4.52. The Labute approximate surface area is 113 Å². The minimum atomic E-state index is -0.0325. The first-order valence-corrected chi connectivity index (χ1v) is 6.40. The number of anilines is 2. The molecule has 3 nitrogen and oxygen atoms in total. The van der Waals surface area contributed by atoms with E-state index in [9.17, 15) is 4.79 Å². The summed E-state index contributed by atoms with van der Waals surface area (Å²) in [7, 11) is 0. The Morgan fingerprint density at radius 2 is 1.84 bits per heavy atom. The quantitative estimate of drug-likeness (QED) is 0.824. The van der Waals surface area contributed by atoms with E-state index in [1.165, 1.54) is 5.56 Å². The smallest absolute Gasteiger partial charge is 0.228 e. The zero-order valence-corrected chi connectivity index (χ0v) is 11.0. The van der Waals surface area contributed by atoms with Crippen LogP contribution in [0.1, 0.15) is 18.1 Å². The van der Waals surface area contributed by atoms with Crippen LogP contribution in [0.15, 0.2) is 48.5 Å². The number of benzene rings is 2. The summed E-state index contributed by atoms with van der Waals surface area (Å²) >= 11 is 0. The highest BCUT2D eigenvalue weighted by Gasteiger charge is 2.04. The summed E-state index contributed by atoms with van der Waals surface area (Å²) < 4.78 is 0. The third kappa shape index (κ3) is 3.85. The van der Waals surface area contributed by atoms with Gasteiger partial charge in [0.2, 0.25) is 5.91 Å². The molecule has 19 heavy (non-hydrogen) atoms. The molecular formula is C16H18N2O. The molecule has 2 aromatic carbocycles. The van der Waals surface area contributed by atoms with Gasteiger partial charge in [0.05, 0.1) is 6.42 Å². The Hall–Kier alpha value is -2.29. The molecule has 0 heterocycles. The van der Waals surface area contributed by atoms with Crippen molar-refractivity contribution < 1.29 is 4.79 Å². The van der Waals surface area contributed by atoms with Crippen LogP contribution in [-0.2, 0) is 17.6 Å². The van der Waals surface area contributed by atoms with Crippen molar-refractivity contribution in [3.05, 3.63) is 59.7 Å². The van der Waals surface area contributed by atoms with Gasteiger partial charge < -0.3 is 11.1 Å². The van der Waals surface area contributed by atoms with Crippen LogP contribution >= 0.6 is 0 Å². The normalized spacial score (nSPS) is 10.2. The molecule has 2 aromatic rings. The standard InChI is InChI=1S/C16H18N2O/c1-2-12-6-8-15(9-7-12)18-16(19)11-13-4-3-5-14(17)10-13/h3-10H,2,11,17H2,1H3,(H,18,19). The summed E-state index contributed by atoms with van der Waals surface area (Å²) in [6.07, 6.45) is 1.33. The van der Waals surface area contributed by atoms with Crippen LogP contribution in [0.25, 0.3) is 0 Å². The van der Waals surface area contributed by atoms with Crippen LogP contribution in [0.5, 0.6) is 0 Å². The topological polar surface area (TPSA) is 55.1 Å². The Morgan fingerprint density at radius 1 is 1.11 bits per heavy atom. The molecule has 0 aliphatic rings. The maximum atomic E-state index is 11.9. The zero-order valence-electron chi connectivity index (χ0n) is 11.0. The summed E-state index contributed by atoms with van der Waals surface area (Å²) in [4.78, 5) is 11.9. The van der Waals surface area contributed by atoms with Crippen molar-refractivity contribution in [3.63, 3.8) is 0 Å². The maximum Gasteiger partial charge on any atom is 0.228 e. The first-order valence-electron chi connectivity index (χ1n) is 6.40. The summed E-state index contributed by atoms with van der Waals surface area (Å²) in [5.74, 6) is -0.0325. The molecule has 0 radical (unpaired) electrons. The third-order valence-electron chi connectivity index (χ3n) is 2.96. The van der Waals surface area contributed by atoms with Crippen LogP contribution < -0.4 is 11.1 Å². The first kappa shape index (κ1) is 13.1. The number of aryl methyl sites for hydroxylation is 1. The molecule has 0 fully saturated rings. The lowest BCUT2D eigenvalue weighted by molar-refractivity contribution is -0.115. The molecule has 0 saturated heterocycles. The number of hydrogen-bond acceptors (Lipinski definition) is 2. The molecule has 0 atom stereocenters. The van der Waals surface area contributed by atoms with Crippen molar-refractivity contribution in [2.45, 2.75) is 19.8 Å². The van der Waals surface area contributed by atoms with Gasteiger partial charge in [-0.15, -0.1) is 0 Å². The van der Waals surface area contributed by atoms with Gasteiger partial charge >= 0.3 is 0 Å². The summed E-state index contributed by atoms with van der Waals surface area (Å²) in [5, 5.41) is 2.88. The number of amides is 1. The molecule has 2 rings (SSSR count). The molecule has 3 heteroatoms. The second-order valence-electron chi connectivity index (χ2n) is 4.52. The van der Waals surface area contributed by atoms with Gasteiger partial charge in [0, 0.05) is 11.4 Å². The van der Waals surface area contributed by atoms with E-state index in [4.69, 9.17) is 5.73 Å². The van der Waals surface area contributed by atoms with Gasteiger partial charge in [0.15, 0.2) is 0 Å². The fourth-order valence-corrected chi connectivity index (χ4v) is 1.92. The minimum absolute atomic E-state index is 0.0325. The third-order valence-corrected chi connectivity index (χ3v) is 2.96. The molecule has 0 aliphatic heterocycles. The average Bonchev–Trinajstić information content (AvgIpc) is 2.39. The number of carbonyl (C=O) groups excluding carboxylic acids is 1. The van der Waals surface area contributed by atoms with E-state index in [0.717, 1.165) is 17.7 Å². The lowest BCUT2D eigenvalue weighted by atomic mass is 10.1. The summed E-state index contributed by atoms with van der Waals surface area (Å²) in [6.45, 7) is 2.10. The number of hydrogen-bond donors (Lipinski definition) is 2. The average molecular weight is 254 g/mol. The van der Waals surface area contributed by atoms with E-state index in [2.05, 4.69) is 12.2 Å². The molecule has 0 unspecified atom stereocenters. The molecule has 0 aliphatic carbocycles. The SMILES string of the molecule is CCc1ccc(NC(=O)Cc2cccc(N)c2)cc1. The van der Waals surface area contributed by atoms with Gasteiger partial charge in [0.25, 0.3) is 0 Å². The Morgan fingerprint density at radius 3 is 2.47 bits per heavy atom. The largest absolute Gasteiger partial charge is 0.399 e. The molecule has 3 N–H and O–H groups in total.